The molecule has 0 heterocycles. The maximum Gasteiger partial charge on any atom is 0.240 e. The fourth-order valence-electron chi connectivity index (χ4n) is 1.20. The van der Waals surface area contributed by atoms with Gasteiger partial charge in [0.05, 0.1) is 4.90 Å². The molecule has 0 unspecified atom stereocenters. The second-order valence-corrected chi connectivity index (χ2v) is 6.39. The Hall–Kier alpha value is -0.560. The van der Waals surface area contributed by atoms with Gasteiger partial charge in [-0.05, 0) is 24.3 Å². The van der Waals surface area contributed by atoms with Crippen LogP contribution >= 0.6 is 11.8 Å². The average molecular weight is 275 g/mol. The van der Waals surface area contributed by atoms with Crippen molar-refractivity contribution in [1.29, 1.82) is 0 Å². The number of nitrogens with one attached hydrogen (secondary N) is 1. The Morgan fingerprint density at radius 2 is 1.88 bits per heavy atom. The Kier molecular flexibility index (Phi) is 6.57. The number of aliphatic hydroxyl groups excluding tert-OH is 1. The molecule has 1 rings (SSSR count). The van der Waals surface area contributed by atoms with E-state index in [1.807, 2.05) is 0 Å². The van der Waals surface area contributed by atoms with Crippen molar-refractivity contribution in [3.8, 4) is 0 Å². The normalized spacial score (nSPS) is 11.6. The summed E-state index contributed by atoms with van der Waals surface area (Å²) in [4.78, 5) is 0.292. The molecule has 6 heteroatoms. The van der Waals surface area contributed by atoms with Crippen LogP contribution in [0.2, 0.25) is 0 Å². The highest BCUT2D eigenvalue weighted by Crippen LogP contribution is 2.07. The number of thioether (sulfide) groups is 1. The number of sulfonamides is 1. The summed E-state index contributed by atoms with van der Waals surface area (Å²) in [5.74, 6) is 1.57. The van der Waals surface area contributed by atoms with Gasteiger partial charge in [-0.1, -0.05) is 18.2 Å². The lowest BCUT2D eigenvalue weighted by molar-refractivity contribution is 0.296. The molecule has 0 aliphatic carbocycles. The fraction of sp³-hybridized carbons (Fsp3) is 0.455. The maximum atomic E-state index is 11.8. The van der Waals surface area contributed by atoms with E-state index in [1.54, 1.807) is 42.1 Å². The Balaban J connectivity index is 2.31. The highest BCUT2D eigenvalue weighted by Gasteiger charge is 2.11. The van der Waals surface area contributed by atoms with Crippen LogP contribution in [0.1, 0.15) is 6.42 Å². The van der Waals surface area contributed by atoms with Crippen LogP contribution in [-0.2, 0) is 10.0 Å². The molecular weight excluding hydrogens is 258 g/mol. The molecule has 0 aliphatic heterocycles. The molecule has 0 radical (unpaired) electrons. The van der Waals surface area contributed by atoms with E-state index in [4.69, 9.17) is 5.11 Å². The van der Waals surface area contributed by atoms with E-state index < -0.39 is 10.0 Å². The predicted octanol–water partition coefficient (Wildman–Crippen LogP) is 1.08. The number of benzene rings is 1. The molecule has 4 nitrogen and oxygen atoms in total. The van der Waals surface area contributed by atoms with E-state index in [2.05, 4.69) is 4.72 Å². The molecule has 0 amide bonds. The summed E-state index contributed by atoms with van der Waals surface area (Å²) in [6.07, 6.45) is 0.746. The van der Waals surface area contributed by atoms with Gasteiger partial charge >= 0.3 is 0 Å². The van der Waals surface area contributed by atoms with Crippen molar-refractivity contribution in [3.63, 3.8) is 0 Å². The number of hydrogen-bond acceptors (Lipinski definition) is 4. The van der Waals surface area contributed by atoms with E-state index in [0.29, 0.717) is 17.2 Å². The van der Waals surface area contributed by atoms with Gasteiger partial charge < -0.3 is 5.11 Å². The van der Waals surface area contributed by atoms with Crippen LogP contribution in [0.4, 0.5) is 0 Å². The van der Waals surface area contributed by atoms with Gasteiger partial charge in [0.25, 0.3) is 0 Å². The first-order chi connectivity index (χ1) is 8.17. The largest absolute Gasteiger partial charge is 0.396 e. The summed E-state index contributed by atoms with van der Waals surface area (Å²) in [5.41, 5.74) is 0. The SMILES string of the molecule is O=S(=O)(NCCSCCCO)c1ccccc1. The molecule has 1 aromatic rings. The van der Waals surface area contributed by atoms with E-state index in [0.717, 1.165) is 12.2 Å². The predicted molar refractivity (Wildman–Crippen MR) is 70.7 cm³/mol. The van der Waals surface area contributed by atoms with Crippen LogP contribution < -0.4 is 4.72 Å². The van der Waals surface area contributed by atoms with Gasteiger partial charge in [-0.2, -0.15) is 11.8 Å². The van der Waals surface area contributed by atoms with Crippen LogP contribution in [0.3, 0.4) is 0 Å². The van der Waals surface area contributed by atoms with Crippen LogP contribution in [0.15, 0.2) is 35.2 Å². The molecule has 96 valence electrons. The molecule has 0 spiro atoms. The number of hydrogen-bond donors (Lipinski definition) is 2. The van der Waals surface area contributed by atoms with Gasteiger partial charge in [0.1, 0.15) is 0 Å². The summed E-state index contributed by atoms with van der Waals surface area (Å²) >= 11 is 1.63. The lowest BCUT2D eigenvalue weighted by Gasteiger charge is -2.06. The van der Waals surface area contributed by atoms with Crippen molar-refractivity contribution in [2.24, 2.45) is 0 Å². The minimum absolute atomic E-state index is 0.183. The van der Waals surface area contributed by atoms with Crippen molar-refractivity contribution in [1.82, 2.24) is 4.72 Å². The fourth-order valence-corrected chi connectivity index (χ4v) is 3.17. The average Bonchev–Trinajstić information content (AvgIpc) is 2.35. The first-order valence-corrected chi connectivity index (χ1v) is 8.04. The second-order valence-electron chi connectivity index (χ2n) is 3.40. The third-order valence-corrected chi connectivity index (χ3v) is 4.59. The van der Waals surface area contributed by atoms with Gasteiger partial charge in [0.15, 0.2) is 0 Å². The van der Waals surface area contributed by atoms with Crippen molar-refractivity contribution in [2.45, 2.75) is 11.3 Å². The summed E-state index contributed by atoms with van der Waals surface area (Å²) in [7, 11) is -3.37. The van der Waals surface area contributed by atoms with E-state index >= 15 is 0 Å². The number of aliphatic hydroxyl groups is 1. The van der Waals surface area contributed by atoms with Gasteiger partial charge in [0, 0.05) is 18.9 Å². The van der Waals surface area contributed by atoms with Crippen molar-refractivity contribution in [3.05, 3.63) is 30.3 Å². The molecule has 0 aliphatic rings. The van der Waals surface area contributed by atoms with Crippen molar-refractivity contribution in [2.75, 3.05) is 24.7 Å². The molecule has 0 atom stereocenters. The van der Waals surface area contributed by atoms with E-state index in [-0.39, 0.29) is 6.61 Å². The van der Waals surface area contributed by atoms with Crippen LogP contribution in [-0.4, -0.2) is 38.2 Å². The van der Waals surface area contributed by atoms with Crippen molar-refractivity contribution < 1.29 is 13.5 Å². The van der Waals surface area contributed by atoms with Crippen LogP contribution in [0, 0.1) is 0 Å². The Morgan fingerprint density at radius 1 is 1.18 bits per heavy atom. The molecule has 0 bridgehead atoms. The van der Waals surface area contributed by atoms with Crippen LogP contribution in [0.5, 0.6) is 0 Å². The molecule has 0 saturated carbocycles. The van der Waals surface area contributed by atoms with Crippen molar-refractivity contribution >= 4 is 21.8 Å². The summed E-state index contributed by atoms with van der Waals surface area (Å²) in [5, 5.41) is 8.58. The lowest BCUT2D eigenvalue weighted by atomic mass is 10.4. The molecule has 0 fully saturated rings. The molecule has 0 saturated heterocycles. The van der Waals surface area contributed by atoms with Gasteiger partial charge in [0.2, 0.25) is 10.0 Å². The molecular formula is C11H17NO3S2. The Bertz CT molecular complexity index is 406. The first kappa shape index (κ1) is 14.5. The zero-order chi connectivity index (χ0) is 12.6. The van der Waals surface area contributed by atoms with Crippen LogP contribution in [0.25, 0.3) is 0 Å². The lowest BCUT2D eigenvalue weighted by Crippen LogP contribution is -2.26. The smallest absolute Gasteiger partial charge is 0.240 e. The summed E-state index contributed by atoms with van der Waals surface area (Å²) in [6.45, 7) is 0.593. The van der Waals surface area contributed by atoms with Gasteiger partial charge in [-0.15, -0.1) is 0 Å². The highest BCUT2D eigenvalue weighted by atomic mass is 32.2. The van der Waals surface area contributed by atoms with E-state index in [9.17, 15) is 8.42 Å². The third-order valence-electron chi connectivity index (χ3n) is 2.04. The second kappa shape index (κ2) is 7.71. The zero-order valence-corrected chi connectivity index (χ0v) is 11.1. The summed E-state index contributed by atoms with van der Waals surface area (Å²) < 4.78 is 26.1. The number of rotatable bonds is 8. The highest BCUT2D eigenvalue weighted by molar-refractivity contribution is 7.99. The quantitative estimate of drug-likeness (QED) is 0.697. The standard InChI is InChI=1S/C11H17NO3S2/c13-8-4-9-16-10-7-12-17(14,15)11-5-2-1-3-6-11/h1-3,5-6,12-13H,4,7-10H2. The maximum absolute atomic E-state index is 11.8. The van der Waals surface area contributed by atoms with Gasteiger partial charge in [-0.3, -0.25) is 0 Å². The summed E-state index contributed by atoms with van der Waals surface area (Å²) in [6, 6.07) is 8.32. The molecule has 17 heavy (non-hydrogen) atoms. The topological polar surface area (TPSA) is 66.4 Å². The van der Waals surface area contributed by atoms with Gasteiger partial charge in [-0.25, -0.2) is 13.1 Å². The minimum Gasteiger partial charge on any atom is -0.396 e. The third kappa shape index (κ3) is 5.54. The molecule has 1 aromatic carbocycles. The zero-order valence-electron chi connectivity index (χ0n) is 9.50. The molecule has 0 aromatic heterocycles. The monoisotopic (exact) mass is 275 g/mol. The first-order valence-electron chi connectivity index (χ1n) is 5.40. The molecule has 2 N–H and O–H groups in total. The Labute approximate surface area is 106 Å². The Morgan fingerprint density at radius 3 is 2.53 bits per heavy atom. The minimum atomic E-state index is -3.37. The van der Waals surface area contributed by atoms with E-state index in [1.165, 1.54) is 0 Å².